The number of allylic oxidation sites excluding steroid dienone is 1. The van der Waals surface area contributed by atoms with E-state index in [2.05, 4.69) is 58.0 Å². The molecule has 0 saturated heterocycles. The number of hydrogen-bond acceptors (Lipinski definition) is 6. The first-order valence-electron chi connectivity index (χ1n) is 9.93. The summed E-state index contributed by atoms with van der Waals surface area (Å²) >= 11 is 1.42. The first-order chi connectivity index (χ1) is 13.8. The van der Waals surface area contributed by atoms with Gasteiger partial charge in [0, 0.05) is 17.2 Å². The first-order valence-corrected chi connectivity index (χ1v) is 10.7. The summed E-state index contributed by atoms with van der Waals surface area (Å²) < 4.78 is 0. The minimum Gasteiger partial charge on any atom is -0.374 e. The fourth-order valence-electron chi connectivity index (χ4n) is 4.18. The van der Waals surface area contributed by atoms with E-state index < -0.39 is 0 Å². The lowest BCUT2D eigenvalue weighted by molar-refractivity contribution is 0.462. The number of pyridine rings is 1. The van der Waals surface area contributed by atoms with Gasteiger partial charge in [0.25, 0.3) is 0 Å². The monoisotopic (exact) mass is 389 g/mol. The highest BCUT2D eigenvalue weighted by Crippen LogP contribution is 2.36. The number of benzene rings is 1. The normalized spacial score (nSPS) is 16.6. The molecule has 142 valence electrons. The second kappa shape index (κ2) is 7.36. The summed E-state index contributed by atoms with van der Waals surface area (Å²) in [5, 5.41) is 13.1. The molecule has 3 N–H and O–H groups in total. The van der Waals surface area contributed by atoms with Crippen LogP contribution in [-0.4, -0.2) is 21.2 Å². The topological polar surface area (TPSA) is 76.7 Å². The van der Waals surface area contributed by atoms with Crippen LogP contribution >= 0.6 is 11.3 Å². The molecular formula is C22H23N5S. The van der Waals surface area contributed by atoms with Gasteiger partial charge in [-0.25, -0.2) is 4.98 Å². The molecule has 2 aromatic heterocycles. The predicted octanol–water partition coefficient (Wildman–Crippen LogP) is 4.91. The third-order valence-electron chi connectivity index (χ3n) is 5.60. The highest BCUT2D eigenvalue weighted by Gasteiger charge is 2.19. The van der Waals surface area contributed by atoms with Crippen LogP contribution in [0.4, 0.5) is 10.9 Å². The van der Waals surface area contributed by atoms with Gasteiger partial charge in [-0.15, -0.1) is 10.2 Å². The number of hydrogen-bond donors (Lipinski definition) is 2. The summed E-state index contributed by atoms with van der Waals surface area (Å²) in [6, 6.07) is 13.3. The Morgan fingerprint density at radius 1 is 1.04 bits per heavy atom. The maximum Gasteiger partial charge on any atom is 0.203 e. The van der Waals surface area contributed by atoms with Gasteiger partial charge in [0.2, 0.25) is 5.13 Å². The summed E-state index contributed by atoms with van der Waals surface area (Å²) in [6.45, 7) is 0. The number of nitrogens with one attached hydrogen (secondary N) is 1. The molecule has 5 rings (SSSR count). The molecule has 5 nitrogen and oxygen atoms in total. The SMILES string of the molecule is Nc1nnc(-c2ccc3c(c2)C(c2cccc(NC4CCCCC4)n2)=CC3)s1. The Morgan fingerprint density at radius 2 is 1.93 bits per heavy atom. The number of fused-ring (bicyclic) bond motifs is 1. The number of nitrogen functional groups attached to an aromatic ring is 1. The molecule has 0 atom stereocenters. The molecule has 0 aliphatic heterocycles. The number of rotatable bonds is 4. The molecule has 2 heterocycles. The maximum atomic E-state index is 5.76. The van der Waals surface area contributed by atoms with Crippen molar-refractivity contribution in [1.29, 1.82) is 0 Å². The molecule has 1 saturated carbocycles. The lowest BCUT2D eigenvalue weighted by atomic mass is 9.95. The molecule has 28 heavy (non-hydrogen) atoms. The van der Waals surface area contributed by atoms with E-state index in [-0.39, 0.29) is 0 Å². The Bertz CT molecular complexity index is 1030. The van der Waals surface area contributed by atoms with E-state index in [0.29, 0.717) is 11.2 Å². The first kappa shape index (κ1) is 17.4. The third kappa shape index (κ3) is 3.40. The third-order valence-corrected chi connectivity index (χ3v) is 6.40. The number of anilines is 2. The summed E-state index contributed by atoms with van der Waals surface area (Å²) in [5.74, 6) is 0.979. The van der Waals surface area contributed by atoms with Crippen molar-refractivity contribution in [3.63, 3.8) is 0 Å². The Balaban J connectivity index is 1.43. The molecule has 1 fully saturated rings. The quantitative estimate of drug-likeness (QED) is 0.663. The van der Waals surface area contributed by atoms with Crippen LogP contribution in [0.3, 0.4) is 0 Å². The Morgan fingerprint density at radius 3 is 2.75 bits per heavy atom. The zero-order valence-electron chi connectivity index (χ0n) is 15.7. The number of aromatic nitrogens is 3. The van der Waals surface area contributed by atoms with E-state index in [1.54, 1.807) is 0 Å². The van der Waals surface area contributed by atoms with Crippen molar-refractivity contribution in [2.75, 3.05) is 11.1 Å². The van der Waals surface area contributed by atoms with Crippen LogP contribution in [0.5, 0.6) is 0 Å². The van der Waals surface area contributed by atoms with Crippen LogP contribution in [-0.2, 0) is 6.42 Å². The molecule has 2 aliphatic rings. The van der Waals surface area contributed by atoms with E-state index in [1.165, 1.54) is 60.1 Å². The van der Waals surface area contributed by atoms with Crippen molar-refractivity contribution >= 4 is 27.9 Å². The van der Waals surface area contributed by atoms with E-state index in [1.807, 2.05) is 0 Å². The lowest BCUT2D eigenvalue weighted by Gasteiger charge is -2.23. The Kier molecular flexibility index (Phi) is 4.56. The fourth-order valence-corrected chi connectivity index (χ4v) is 4.78. The fraction of sp³-hybridized carbons (Fsp3) is 0.318. The molecule has 2 aliphatic carbocycles. The summed E-state index contributed by atoms with van der Waals surface area (Å²) in [6.07, 6.45) is 9.68. The van der Waals surface area contributed by atoms with Crippen molar-refractivity contribution in [3.05, 3.63) is 59.3 Å². The second-order valence-corrected chi connectivity index (χ2v) is 8.54. The van der Waals surface area contributed by atoms with Gasteiger partial charge in [-0.3, -0.25) is 0 Å². The Labute approximate surface area is 168 Å². The highest BCUT2D eigenvalue weighted by atomic mass is 32.1. The molecule has 0 bridgehead atoms. The van der Waals surface area contributed by atoms with Crippen LogP contribution in [0, 0.1) is 0 Å². The molecule has 0 amide bonds. The molecule has 1 aromatic carbocycles. The van der Waals surface area contributed by atoms with Gasteiger partial charge in [-0.05, 0) is 48.6 Å². The second-order valence-electron chi connectivity index (χ2n) is 7.53. The van der Waals surface area contributed by atoms with Crippen molar-refractivity contribution < 1.29 is 0 Å². The summed E-state index contributed by atoms with van der Waals surface area (Å²) in [7, 11) is 0. The highest BCUT2D eigenvalue weighted by molar-refractivity contribution is 7.18. The molecule has 0 radical (unpaired) electrons. The zero-order valence-corrected chi connectivity index (χ0v) is 16.5. The van der Waals surface area contributed by atoms with Gasteiger partial charge < -0.3 is 11.1 Å². The minimum atomic E-state index is 0.495. The van der Waals surface area contributed by atoms with Crippen molar-refractivity contribution in [2.24, 2.45) is 0 Å². The van der Waals surface area contributed by atoms with Gasteiger partial charge in [-0.2, -0.15) is 0 Å². The van der Waals surface area contributed by atoms with Crippen molar-refractivity contribution in [2.45, 2.75) is 44.6 Å². The smallest absolute Gasteiger partial charge is 0.203 e. The van der Waals surface area contributed by atoms with Gasteiger partial charge in [-0.1, -0.05) is 54.9 Å². The van der Waals surface area contributed by atoms with Gasteiger partial charge in [0.1, 0.15) is 10.8 Å². The van der Waals surface area contributed by atoms with Gasteiger partial charge in [0.15, 0.2) is 0 Å². The van der Waals surface area contributed by atoms with Crippen LogP contribution in [0.1, 0.15) is 48.9 Å². The largest absolute Gasteiger partial charge is 0.374 e. The lowest BCUT2D eigenvalue weighted by Crippen LogP contribution is -2.22. The molecule has 6 heteroatoms. The average Bonchev–Trinajstić information content (AvgIpc) is 3.35. The molecular weight excluding hydrogens is 366 g/mol. The van der Waals surface area contributed by atoms with Crippen molar-refractivity contribution in [1.82, 2.24) is 15.2 Å². The Hall–Kier alpha value is -2.73. The van der Waals surface area contributed by atoms with Crippen LogP contribution in [0.25, 0.3) is 16.1 Å². The summed E-state index contributed by atoms with van der Waals surface area (Å²) in [5.41, 5.74) is 11.6. The van der Waals surface area contributed by atoms with E-state index >= 15 is 0 Å². The molecule has 3 aromatic rings. The van der Waals surface area contributed by atoms with Crippen molar-refractivity contribution in [3.8, 4) is 10.6 Å². The van der Waals surface area contributed by atoms with E-state index in [4.69, 9.17) is 10.7 Å². The number of nitrogens with two attached hydrogens (primary N) is 1. The van der Waals surface area contributed by atoms with Crippen LogP contribution < -0.4 is 11.1 Å². The van der Waals surface area contributed by atoms with E-state index in [9.17, 15) is 0 Å². The van der Waals surface area contributed by atoms with Gasteiger partial charge in [0.05, 0.1) is 5.69 Å². The number of nitrogens with zero attached hydrogens (tertiary/aromatic N) is 3. The average molecular weight is 390 g/mol. The maximum absolute atomic E-state index is 5.76. The van der Waals surface area contributed by atoms with Crippen LogP contribution in [0.2, 0.25) is 0 Å². The van der Waals surface area contributed by atoms with Crippen LogP contribution in [0.15, 0.2) is 42.5 Å². The minimum absolute atomic E-state index is 0.495. The van der Waals surface area contributed by atoms with E-state index in [0.717, 1.165) is 28.5 Å². The zero-order chi connectivity index (χ0) is 18.9. The van der Waals surface area contributed by atoms with Gasteiger partial charge >= 0.3 is 0 Å². The molecule has 0 spiro atoms. The standard InChI is InChI=1S/C22H23N5S/c23-22-27-26-21(28-22)15-10-9-14-11-12-17(18(14)13-15)19-7-4-8-20(25-19)24-16-5-2-1-3-6-16/h4,7-10,12-13,16H,1-3,5-6,11H2,(H2,23,27)(H,24,25). The summed E-state index contributed by atoms with van der Waals surface area (Å²) in [4.78, 5) is 4.93. The molecule has 0 unspecified atom stereocenters. The predicted molar refractivity (Wildman–Crippen MR) is 115 cm³/mol.